The Balaban J connectivity index is 2.46. The molecule has 0 unspecified atom stereocenters. The molecule has 0 bridgehead atoms. The van der Waals surface area contributed by atoms with Crippen LogP contribution >= 0.6 is 0 Å². The topological polar surface area (TPSA) is 71.9 Å². The van der Waals surface area contributed by atoms with Crippen molar-refractivity contribution in [3.8, 4) is 17.7 Å². The molecule has 2 N–H and O–H groups in total. The van der Waals surface area contributed by atoms with Gasteiger partial charge in [-0.2, -0.15) is 5.26 Å². The van der Waals surface area contributed by atoms with Crippen molar-refractivity contribution in [2.24, 2.45) is 0 Å². The van der Waals surface area contributed by atoms with E-state index in [-0.39, 0.29) is 11.6 Å². The SMILES string of the molecule is Cc1cc(C)c(C#N)c(Oc2ccc(N)cc2F)n1. The molecule has 0 aliphatic heterocycles. The van der Waals surface area contributed by atoms with E-state index in [0.717, 1.165) is 11.6 Å². The summed E-state index contributed by atoms with van der Waals surface area (Å²) >= 11 is 0. The molecule has 0 fully saturated rings. The van der Waals surface area contributed by atoms with Crippen LogP contribution in [0.5, 0.6) is 11.6 Å². The lowest BCUT2D eigenvalue weighted by molar-refractivity contribution is 0.425. The van der Waals surface area contributed by atoms with Crippen molar-refractivity contribution >= 4 is 5.69 Å². The Labute approximate surface area is 110 Å². The lowest BCUT2D eigenvalue weighted by Gasteiger charge is -2.10. The number of aromatic nitrogens is 1. The Morgan fingerprint density at radius 2 is 2.05 bits per heavy atom. The molecule has 0 saturated carbocycles. The van der Waals surface area contributed by atoms with Crippen molar-refractivity contribution in [1.82, 2.24) is 4.98 Å². The first-order chi connectivity index (χ1) is 9.01. The number of pyridine rings is 1. The van der Waals surface area contributed by atoms with Crippen molar-refractivity contribution in [3.63, 3.8) is 0 Å². The fourth-order valence-corrected chi connectivity index (χ4v) is 1.72. The van der Waals surface area contributed by atoms with Gasteiger partial charge in [0.1, 0.15) is 11.6 Å². The molecule has 0 spiro atoms. The number of hydrogen-bond donors (Lipinski definition) is 1. The van der Waals surface area contributed by atoms with Crippen LogP contribution in [0.1, 0.15) is 16.8 Å². The number of hydrogen-bond acceptors (Lipinski definition) is 4. The third-order valence-corrected chi connectivity index (χ3v) is 2.59. The molecule has 2 rings (SSSR count). The maximum Gasteiger partial charge on any atom is 0.237 e. The minimum atomic E-state index is -0.593. The fraction of sp³-hybridized carbons (Fsp3) is 0.143. The van der Waals surface area contributed by atoms with Crippen molar-refractivity contribution in [2.75, 3.05) is 5.73 Å². The van der Waals surface area contributed by atoms with Gasteiger partial charge in [0.25, 0.3) is 0 Å². The molecule has 0 atom stereocenters. The summed E-state index contributed by atoms with van der Waals surface area (Å²) in [5, 5.41) is 9.10. The second kappa shape index (κ2) is 4.94. The first-order valence-corrected chi connectivity index (χ1v) is 5.62. The summed E-state index contributed by atoms with van der Waals surface area (Å²) in [7, 11) is 0. The van der Waals surface area contributed by atoms with Gasteiger partial charge in [-0.1, -0.05) is 0 Å². The smallest absolute Gasteiger partial charge is 0.237 e. The van der Waals surface area contributed by atoms with E-state index in [1.54, 1.807) is 19.9 Å². The zero-order valence-electron chi connectivity index (χ0n) is 10.6. The number of benzene rings is 1. The zero-order valence-corrected chi connectivity index (χ0v) is 10.6. The highest BCUT2D eigenvalue weighted by atomic mass is 19.1. The van der Waals surface area contributed by atoms with Crippen LogP contribution in [0, 0.1) is 31.0 Å². The third-order valence-electron chi connectivity index (χ3n) is 2.59. The van der Waals surface area contributed by atoms with Crippen LogP contribution in [0.2, 0.25) is 0 Å². The molecule has 5 heteroatoms. The molecule has 0 radical (unpaired) electrons. The van der Waals surface area contributed by atoms with Gasteiger partial charge in [0.2, 0.25) is 5.88 Å². The minimum Gasteiger partial charge on any atom is -0.435 e. The van der Waals surface area contributed by atoms with E-state index in [1.807, 2.05) is 6.07 Å². The third kappa shape index (κ3) is 2.63. The maximum atomic E-state index is 13.7. The highest BCUT2D eigenvalue weighted by Gasteiger charge is 2.13. The molecule has 0 aliphatic rings. The second-order valence-corrected chi connectivity index (χ2v) is 4.16. The monoisotopic (exact) mass is 257 g/mol. The van der Waals surface area contributed by atoms with Crippen LogP contribution in [0.4, 0.5) is 10.1 Å². The minimum absolute atomic E-state index is 0.0109. The molecule has 4 nitrogen and oxygen atoms in total. The van der Waals surface area contributed by atoms with Crippen molar-refractivity contribution in [3.05, 3.63) is 46.9 Å². The van der Waals surface area contributed by atoms with E-state index in [2.05, 4.69) is 4.98 Å². The van der Waals surface area contributed by atoms with E-state index in [9.17, 15) is 4.39 Å². The van der Waals surface area contributed by atoms with Gasteiger partial charge in [-0.3, -0.25) is 0 Å². The predicted octanol–water partition coefficient (Wildman–Crippen LogP) is 3.08. The molecule has 19 heavy (non-hydrogen) atoms. The number of anilines is 1. The van der Waals surface area contributed by atoms with Crippen LogP contribution in [-0.2, 0) is 0 Å². The molecule has 1 aromatic carbocycles. The van der Waals surface area contributed by atoms with E-state index < -0.39 is 5.82 Å². The van der Waals surface area contributed by atoms with Gasteiger partial charge in [0, 0.05) is 17.4 Å². The number of ether oxygens (including phenoxy) is 1. The van der Waals surface area contributed by atoms with Crippen LogP contribution in [0.3, 0.4) is 0 Å². The summed E-state index contributed by atoms with van der Waals surface area (Å²) in [5.74, 6) is -0.503. The largest absolute Gasteiger partial charge is 0.435 e. The quantitative estimate of drug-likeness (QED) is 0.839. The molecule has 0 amide bonds. The number of aryl methyl sites for hydroxylation is 2. The molecule has 1 heterocycles. The Morgan fingerprint density at radius 3 is 2.68 bits per heavy atom. The van der Waals surface area contributed by atoms with Crippen molar-refractivity contribution < 1.29 is 9.13 Å². The summed E-state index contributed by atoms with van der Waals surface area (Å²) in [6, 6.07) is 7.86. The second-order valence-electron chi connectivity index (χ2n) is 4.16. The molecule has 2 aromatic rings. The first-order valence-electron chi connectivity index (χ1n) is 5.62. The van der Waals surface area contributed by atoms with Gasteiger partial charge in [-0.25, -0.2) is 9.37 Å². The molecule has 96 valence electrons. The number of rotatable bonds is 2. The Hall–Kier alpha value is -2.61. The van der Waals surface area contributed by atoms with Crippen LogP contribution in [0.15, 0.2) is 24.3 Å². The zero-order chi connectivity index (χ0) is 14.0. The average Bonchev–Trinajstić information content (AvgIpc) is 2.32. The van der Waals surface area contributed by atoms with Crippen molar-refractivity contribution in [2.45, 2.75) is 13.8 Å². The average molecular weight is 257 g/mol. The van der Waals surface area contributed by atoms with Crippen LogP contribution < -0.4 is 10.5 Å². The number of nitrogens with two attached hydrogens (primary N) is 1. The van der Waals surface area contributed by atoms with Gasteiger partial charge in [0.15, 0.2) is 11.6 Å². The van der Waals surface area contributed by atoms with E-state index in [4.69, 9.17) is 15.7 Å². The predicted molar refractivity (Wildman–Crippen MR) is 69.3 cm³/mol. The number of nitrogens with zero attached hydrogens (tertiary/aromatic N) is 2. The van der Waals surface area contributed by atoms with Crippen LogP contribution in [0.25, 0.3) is 0 Å². The fourth-order valence-electron chi connectivity index (χ4n) is 1.72. The molecule has 0 saturated heterocycles. The van der Waals surface area contributed by atoms with Gasteiger partial charge in [-0.15, -0.1) is 0 Å². The van der Waals surface area contributed by atoms with Gasteiger partial charge < -0.3 is 10.5 Å². The summed E-state index contributed by atoms with van der Waals surface area (Å²) in [6.45, 7) is 3.56. The van der Waals surface area contributed by atoms with E-state index in [0.29, 0.717) is 16.9 Å². The highest BCUT2D eigenvalue weighted by molar-refractivity contribution is 5.48. The summed E-state index contributed by atoms with van der Waals surface area (Å²) in [6.07, 6.45) is 0. The van der Waals surface area contributed by atoms with Gasteiger partial charge in [0.05, 0.1) is 0 Å². The molecular weight excluding hydrogens is 245 g/mol. The Bertz CT molecular complexity index is 677. The normalized spacial score (nSPS) is 10.0. The van der Waals surface area contributed by atoms with E-state index >= 15 is 0 Å². The lowest BCUT2D eigenvalue weighted by Crippen LogP contribution is -1.98. The Morgan fingerprint density at radius 1 is 1.32 bits per heavy atom. The molecular formula is C14H12FN3O. The molecule has 1 aromatic heterocycles. The molecule has 0 aliphatic carbocycles. The lowest BCUT2D eigenvalue weighted by atomic mass is 10.1. The van der Waals surface area contributed by atoms with Crippen LogP contribution in [-0.4, -0.2) is 4.98 Å². The number of nitriles is 1. The standard InChI is InChI=1S/C14H12FN3O/c1-8-5-9(2)18-14(11(8)7-16)19-13-4-3-10(17)6-12(13)15/h3-6H,17H2,1-2H3. The Kier molecular flexibility index (Phi) is 3.34. The maximum absolute atomic E-state index is 13.7. The summed E-state index contributed by atoms with van der Waals surface area (Å²) < 4.78 is 19.0. The summed E-state index contributed by atoms with van der Waals surface area (Å²) in [5.41, 5.74) is 7.49. The van der Waals surface area contributed by atoms with E-state index in [1.165, 1.54) is 12.1 Å². The number of halogens is 1. The van der Waals surface area contributed by atoms with Gasteiger partial charge >= 0.3 is 0 Å². The summed E-state index contributed by atoms with van der Waals surface area (Å²) in [4.78, 5) is 4.12. The first kappa shape index (κ1) is 12.8. The van der Waals surface area contributed by atoms with Gasteiger partial charge in [-0.05, 0) is 37.6 Å². The van der Waals surface area contributed by atoms with Crippen molar-refractivity contribution in [1.29, 1.82) is 5.26 Å². The number of nitrogen functional groups attached to an aromatic ring is 1. The highest BCUT2D eigenvalue weighted by Crippen LogP contribution is 2.28.